The summed E-state index contributed by atoms with van der Waals surface area (Å²) in [5.74, 6) is 0. The van der Waals surface area contributed by atoms with Crippen molar-refractivity contribution in [3.8, 4) is 6.07 Å². The Labute approximate surface area is 93.8 Å². The van der Waals surface area contributed by atoms with Crippen molar-refractivity contribution in [2.75, 3.05) is 0 Å². The molecule has 0 N–H and O–H groups in total. The summed E-state index contributed by atoms with van der Waals surface area (Å²) in [5, 5.41) is 8.31. The molecule has 0 aromatic carbocycles. The van der Waals surface area contributed by atoms with Gasteiger partial charge in [0.1, 0.15) is 0 Å². The van der Waals surface area contributed by atoms with Gasteiger partial charge < -0.3 is 0 Å². The summed E-state index contributed by atoms with van der Waals surface area (Å²) >= 11 is 0. The fourth-order valence-corrected chi connectivity index (χ4v) is 1.17. The third kappa shape index (κ3) is 12.7. The molecular weight excluding hydrogens is 182 g/mol. The van der Waals surface area contributed by atoms with Gasteiger partial charge in [0.15, 0.2) is 0 Å². The van der Waals surface area contributed by atoms with E-state index in [1.807, 2.05) is 6.92 Å². The van der Waals surface area contributed by atoms with E-state index in [1.165, 1.54) is 6.42 Å². The maximum absolute atomic E-state index is 8.31. The van der Waals surface area contributed by atoms with Crippen LogP contribution in [0.5, 0.6) is 0 Å². The van der Waals surface area contributed by atoms with Crippen LogP contribution in [0, 0.1) is 11.3 Å². The Kier molecular flexibility index (Phi) is 11.6. The van der Waals surface area contributed by atoms with Crippen LogP contribution in [0.4, 0.5) is 0 Å². The molecule has 0 fully saturated rings. The summed E-state index contributed by atoms with van der Waals surface area (Å²) in [6.07, 6.45) is 19.0. The van der Waals surface area contributed by atoms with E-state index in [9.17, 15) is 0 Å². The molecule has 0 aliphatic heterocycles. The first-order chi connectivity index (χ1) is 7.41. The minimum atomic E-state index is 0.639. The quantitative estimate of drug-likeness (QED) is 0.419. The van der Waals surface area contributed by atoms with E-state index in [2.05, 4.69) is 42.5 Å². The van der Waals surface area contributed by atoms with Gasteiger partial charge in [-0.15, -0.1) is 0 Å². The molecule has 0 bridgehead atoms. The molecule has 0 atom stereocenters. The predicted molar refractivity (Wildman–Crippen MR) is 66.4 cm³/mol. The normalized spacial score (nSPS) is 11.7. The lowest BCUT2D eigenvalue weighted by Crippen LogP contribution is -1.70. The molecule has 0 aromatic heterocycles. The van der Waals surface area contributed by atoms with Crippen molar-refractivity contribution >= 4 is 0 Å². The summed E-state index contributed by atoms with van der Waals surface area (Å²) in [6, 6.07) is 2.13. The largest absolute Gasteiger partial charge is 0.198 e. The summed E-state index contributed by atoms with van der Waals surface area (Å²) in [7, 11) is 0. The van der Waals surface area contributed by atoms with E-state index in [1.54, 1.807) is 0 Å². The van der Waals surface area contributed by atoms with Gasteiger partial charge in [-0.2, -0.15) is 5.26 Å². The molecular formula is C14H21N. The van der Waals surface area contributed by atoms with Crippen LogP contribution in [0.1, 0.15) is 45.4 Å². The van der Waals surface area contributed by atoms with E-state index in [4.69, 9.17) is 5.26 Å². The Hall–Kier alpha value is -1.29. The lowest BCUT2D eigenvalue weighted by molar-refractivity contribution is 0.861. The third-order valence-corrected chi connectivity index (χ3v) is 2.01. The molecule has 0 heterocycles. The first-order valence-electron chi connectivity index (χ1n) is 5.70. The molecule has 0 aromatic rings. The Bertz CT molecular complexity index is 241. The molecule has 1 heteroatoms. The summed E-state index contributed by atoms with van der Waals surface area (Å²) in [6.45, 7) is 2.04. The zero-order valence-corrected chi connectivity index (χ0v) is 9.65. The van der Waals surface area contributed by atoms with Crippen molar-refractivity contribution < 1.29 is 0 Å². The minimum absolute atomic E-state index is 0.639. The van der Waals surface area contributed by atoms with Gasteiger partial charge in [0.05, 0.1) is 6.07 Å². The molecule has 0 radical (unpaired) electrons. The van der Waals surface area contributed by atoms with Gasteiger partial charge in [-0.05, 0) is 39.0 Å². The minimum Gasteiger partial charge on any atom is -0.198 e. The van der Waals surface area contributed by atoms with Crippen molar-refractivity contribution in [2.24, 2.45) is 0 Å². The lowest BCUT2D eigenvalue weighted by Gasteiger charge is -1.90. The standard InChI is InChI=1S/C14H21N/c1-2-3-4-5-6-7-8-9-10-11-12-13-14-15/h2-3,5-6,10-11H,4,7-9,12-13H2,1H3/b3-2+,6-5+,11-10+. The third-order valence-electron chi connectivity index (χ3n) is 2.01. The van der Waals surface area contributed by atoms with Crippen molar-refractivity contribution in [3.63, 3.8) is 0 Å². The van der Waals surface area contributed by atoms with E-state index in [-0.39, 0.29) is 0 Å². The predicted octanol–water partition coefficient (Wildman–Crippen LogP) is 4.54. The van der Waals surface area contributed by atoms with Crippen LogP contribution in [0.3, 0.4) is 0 Å². The molecule has 0 aliphatic carbocycles. The van der Waals surface area contributed by atoms with Gasteiger partial charge in [-0.3, -0.25) is 0 Å². The molecule has 0 aliphatic rings. The SMILES string of the molecule is C/C=C/C/C=C/CCC/C=C/CCC#N. The van der Waals surface area contributed by atoms with E-state index in [0.717, 1.165) is 25.7 Å². The van der Waals surface area contributed by atoms with E-state index >= 15 is 0 Å². The van der Waals surface area contributed by atoms with Crippen LogP contribution >= 0.6 is 0 Å². The van der Waals surface area contributed by atoms with Gasteiger partial charge in [0.2, 0.25) is 0 Å². The Morgan fingerprint density at radius 2 is 1.60 bits per heavy atom. The van der Waals surface area contributed by atoms with Crippen molar-refractivity contribution in [1.29, 1.82) is 5.26 Å². The van der Waals surface area contributed by atoms with Gasteiger partial charge >= 0.3 is 0 Å². The molecule has 0 saturated heterocycles. The molecule has 0 unspecified atom stereocenters. The zero-order valence-electron chi connectivity index (χ0n) is 9.65. The number of nitrogens with zero attached hydrogens (tertiary/aromatic N) is 1. The first kappa shape index (κ1) is 13.7. The molecule has 82 valence electrons. The second-order valence-corrected chi connectivity index (χ2v) is 3.38. The maximum Gasteiger partial charge on any atom is 0.0624 e. The summed E-state index contributed by atoms with van der Waals surface area (Å²) < 4.78 is 0. The highest BCUT2D eigenvalue weighted by atomic mass is 14.2. The highest BCUT2D eigenvalue weighted by molar-refractivity contribution is 4.92. The number of hydrogen-bond acceptors (Lipinski definition) is 1. The highest BCUT2D eigenvalue weighted by Gasteiger charge is 1.81. The fourth-order valence-electron chi connectivity index (χ4n) is 1.17. The maximum atomic E-state index is 8.31. The van der Waals surface area contributed by atoms with E-state index < -0.39 is 0 Å². The number of rotatable bonds is 8. The number of unbranched alkanes of at least 4 members (excludes halogenated alkanes) is 3. The Morgan fingerprint density at radius 3 is 2.27 bits per heavy atom. The average Bonchev–Trinajstić information content (AvgIpc) is 2.26. The fraction of sp³-hybridized carbons (Fsp3) is 0.500. The Morgan fingerprint density at radius 1 is 0.933 bits per heavy atom. The topological polar surface area (TPSA) is 23.8 Å². The second-order valence-electron chi connectivity index (χ2n) is 3.38. The molecule has 0 saturated carbocycles. The number of hydrogen-bond donors (Lipinski definition) is 0. The monoisotopic (exact) mass is 203 g/mol. The molecule has 1 nitrogen and oxygen atoms in total. The first-order valence-corrected chi connectivity index (χ1v) is 5.70. The Balaban J connectivity index is 3.21. The molecule has 0 spiro atoms. The van der Waals surface area contributed by atoms with Crippen molar-refractivity contribution in [2.45, 2.75) is 45.4 Å². The zero-order chi connectivity index (χ0) is 11.2. The van der Waals surface area contributed by atoms with Crippen LogP contribution in [-0.2, 0) is 0 Å². The van der Waals surface area contributed by atoms with Crippen LogP contribution in [0.25, 0.3) is 0 Å². The number of nitriles is 1. The van der Waals surface area contributed by atoms with Crippen molar-refractivity contribution in [1.82, 2.24) is 0 Å². The van der Waals surface area contributed by atoms with Crippen LogP contribution in [-0.4, -0.2) is 0 Å². The second kappa shape index (κ2) is 12.7. The summed E-state index contributed by atoms with van der Waals surface area (Å²) in [4.78, 5) is 0. The van der Waals surface area contributed by atoms with Crippen LogP contribution < -0.4 is 0 Å². The van der Waals surface area contributed by atoms with Crippen LogP contribution in [0.2, 0.25) is 0 Å². The van der Waals surface area contributed by atoms with Gasteiger partial charge in [-0.1, -0.05) is 36.5 Å². The molecule has 0 rings (SSSR count). The van der Waals surface area contributed by atoms with Gasteiger partial charge in [0, 0.05) is 6.42 Å². The average molecular weight is 203 g/mol. The van der Waals surface area contributed by atoms with Crippen molar-refractivity contribution in [3.05, 3.63) is 36.5 Å². The lowest BCUT2D eigenvalue weighted by atomic mass is 10.2. The number of allylic oxidation sites excluding steroid dienone is 6. The molecule has 0 amide bonds. The highest BCUT2D eigenvalue weighted by Crippen LogP contribution is 2.00. The van der Waals surface area contributed by atoms with Gasteiger partial charge in [0.25, 0.3) is 0 Å². The van der Waals surface area contributed by atoms with E-state index in [0.29, 0.717) is 6.42 Å². The molecule has 15 heavy (non-hydrogen) atoms. The smallest absolute Gasteiger partial charge is 0.0624 e. The van der Waals surface area contributed by atoms with Gasteiger partial charge in [-0.25, -0.2) is 0 Å². The van der Waals surface area contributed by atoms with Crippen LogP contribution in [0.15, 0.2) is 36.5 Å². The summed E-state index contributed by atoms with van der Waals surface area (Å²) in [5.41, 5.74) is 0.